The van der Waals surface area contributed by atoms with Crippen molar-refractivity contribution in [1.82, 2.24) is 4.72 Å². The summed E-state index contributed by atoms with van der Waals surface area (Å²) in [4.78, 5) is 11.8. The van der Waals surface area contributed by atoms with Crippen molar-refractivity contribution in [3.63, 3.8) is 0 Å². The van der Waals surface area contributed by atoms with Crippen LogP contribution in [0, 0.1) is 17.8 Å². The maximum absolute atomic E-state index is 12.5. The molecule has 0 aliphatic rings. The second-order valence-corrected chi connectivity index (χ2v) is 9.64. The molecule has 0 saturated carbocycles. The normalized spacial score (nSPS) is 12.5. The van der Waals surface area contributed by atoms with E-state index in [1.807, 2.05) is 42.5 Å². The predicted molar refractivity (Wildman–Crippen MR) is 111 cm³/mol. The minimum atomic E-state index is -3.92. The number of aliphatic carboxylic acids is 1. The first kappa shape index (κ1) is 20.1. The summed E-state index contributed by atoms with van der Waals surface area (Å²) in [6, 6.07) is 15.7. The maximum Gasteiger partial charge on any atom is 0.322 e. The van der Waals surface area contributed by atoms with E-state index in [0.29, 0.717) is 4.88 Å². The smallest absolute Gasteiger partial charge is 0.322 e. The molecule has 0 aliphatic heterocycles. The molecule has 28 heavy (non-hydrogen) atoms. The van der Waals surface area contributed by atoms with Crippen LogP contribution in [-0.4, -0.2) is 25.5 Å². The lowest BCUT2D eigenvalue weighted by Gasteiger charge is -2.17. The lowest BCUT2D eigenvalue weighted by Crippen LogP contribution is -2.43. The van der Waals surface area contributed by atoms with Crippen molar-refractivity contribution >= 4 is 38.1 Å². The minimum absolute atomic E-state index is 0.0437. The Balaban J connectivity index is 1.82. The molecule has 0 aliphatic carbocycles. The SMILES string of the molecule is CC(C)C(NS(=O)(=O)c1ccc(C#Cc2ccc3ccccc3c2)s1)C(=O)O. The van der Waals surface area contributed by atoms with Gasteiger partial charge in [0.25, 0.3) is 10.0 Å². The van der Waals surface area contributed by atoms with E-state index in [0.717, 1.165) is 27.7 Å². The Hall–Kier alpha value is -2.66. The van der Waals surface area contributed by atoms with Crippen LogP contribution >= 0.6 is 11.3 Å². The number of fused-ring (bicyclic) bond motifs is 1. The third-order valence-electron chi connectivity index (χ3n) is 4.14. The van der Waals surface area contributed by atoms with Gasteiger partial charge in [-0.3, -0.25) is 4.79 Å². The number of carboxylic acids is 1. The van der Waals surface area contributed by atoms with E-state index in [2.05, 4.69) is 16.6 Å². The first-order valence-electron chi connectivity index (χ1n) is 8.62. The highest BCUT2D eigenvalue weighted by Gasteiger charge is 2.28. The zero-order valence-corrected chi connectivity index (χ0v) is 17.0. The molecule has 1 aromatic heterocycles. The number of rotatable bonds is 5. The molecular weight excluding hydrogens is 394 g/mol. The Morgan fingerprint density at radius 3 is 2.43 bits per heavy atom. The number of benzene rings is 2. The average Bonchev–Trinajstić information content (AvgIpc) is 3.14. The van der Waals surface area contributed by atoms with Gasteiger partial charge < -0.3 is 5.11 Å². The van der Waals surface area contributed by atoms with Gasteiger partial charge in [0.05, 0.1) is 4.88 Å². The largest absolute Gasteiger partial charge is 0.480 e. The van der Waals surface area contributed by atoms with E-state index < -0.39 is 22.0 Å². The van der Waals surface area contributed by atoms with Crippen molar-refractivity contribution in [2.45, 2.75) is 24.1 Å². The Morgan fingerprint density at radius 2 is 1.75 bits per heavy atom. The summed E-state index contributed by atoms with van der Waals surface area (Å²) in [5.41, 5.74) is 0.834. The number of thiophene rings is 1. The van der Waals surface area contributed by atoms with E-state index in [1.54, 1.807) is 19.9 Å². The number of nitrogens with one attached hydrogen (secondary N) is 1. The van der Waals surface area contributed by atoms with Crippen LogP contribution in [-0.2, 0) is 14.8 Å². The molecule has 0 spiro atoms. The molecule has 0 bridgehead atoms. The highest BCUT2D eigenvalue weighted by molar-refractivity contribution is 7.91. The molecule has 2 N–H and O–H groups in total. The van der Waals surface area contributed by atoms with Gasteiger partial charge in [-0.25, -0.2) is 8.42 Å². The molecule has 5 nitrogen and oxygen atoms in total. The van der Waals surface area contributed by atoms with Gasteiger partial charge in [-0.15, -0.1) is 11.3 Å². The average molecular weight is 414 g/mol. The van der Waals surface area contributed by atoms with E-state index in [1.165, 1.54) is 6.07 Å². The van der Waals surface area contributed by atoms with Crippen LogP contribution in [0.25, 0.3) is 10.8 Å². The monoisotopic (exact) mass is 413 g/mol. The van der Waals surface area contributed by atoms with E-state index >= 15 is 0 Å². The van der Waals surface area contributed by atoms with E-state index in [9.17, 15) is 18.3 Å². The molecular formula is C21H19NO4S2. The lowest BCUT2D eigenvalue weighted by atomic mass is 10.1. The van der Waals surface area contributed by atoms with Crippen LogP contribution in [0.5, 0.6) is 0 Å². The number of carbonyl (C=O) groups is 1. The van der Waals surface area contributed by atoms with Crippen LogP contribution in [0.15, 0.2) is 58.8 Å². The van der Waals surface area contributed by atoms with Gasteiger partial charge in [0.1, 0.15) is 10.3 Å². The summed E-state index contributed by atoms with van der Waals surface area (Å²) in [6.07, 6.45) is 0. The van der Waals surface area contributed by atoms with Gasteiger partial charge in [-0.05, 0) is 41.0 Å². The van der Waals surface area contributed by atoms with Crippen molar-refractivity contribution in [2.75, 3.05) is 0 Å². The van der Waals surface area contributed by atoms with Gasteiger partial charge in [0, 0.05) is 5.56 Å². The number of hydrogen-bond donors (Lipinski definition) is 2. The molecule has 0 amide bonds. The van der Waals surface area contributed by atoms with Crippen LogP contribution in [0.3, 0.4) is 0 Å². The molecule has 144 valence electrons. The number of carboxylic acid groups (broad SMARTS) is 1. The molecule has 3 aromatic rings. The molecule has 7 heteroatoms. The summed E-state index contributed by atoms with van der Waals surface area (Å²) in [6.45, 7) is 3.30. The highest BCUT2D eigenvalue weighted by atomic mass is 32.2. The van der Waals surface area contributed by atoms with Gasteiger partial charge in [0.15, 0.2) is 0 Å². The molecule has 2 aromatic carbocycles. The fraction of sp³-hybridized carbons (Fsp3) is 0.190. The Morgan fingerprint density at radius 1 is 1.04 bits per heavy atom. The molecule has 0 saturated heterocycles. The second-order valence-electron chi connectivity index (χ2n) is 6.61. The third-order valence-corrected chi connectivity index (χ3v) is 7.07. The van der Waals surface area contributed by atoms with Crippen molar-refractivity contribution in [2.24, 2.45) is 5.92 Å². The summed E-state index contributed by atoms with van der Waals surface area (Å²) in [5, 5.41) is 11.4. The zero-order chi connectivity index (χ0) is 20.3. The standard InChI is InChI=1S/C21H19NO4S2/c1-14(2)20(21(23)24)22-28(25,26)19-12-11-18(27-19)10-8-15-7-9-16-5-3-4-6-17(16)13-15/h3-7,9,11-14,20,22H,1-2H3,(H,23,24). The number of sulfonamides is 1. The zero-order valence-electron chi connectivity index (χ0n) is 15.3. The number of hydrogen-bond acceptors (Lipinski definition) is 4. The molecule has 3 rings (SSSR count). The van der Waals surface area contributed by atoms with Crippen molar-refractivity contribution in [1.29, 1.82) is 0 Å². The summed E-state index contributed by atoms with van der Waals surface area (Å²) in [5.74, 6) is 4.45. The van der Waals surface area contributed by atoms with Gasteiger partial charge in [-0.2, -0.15) is 4.72 Å². The minimum Gasteiger partial charge on any atom is -0.480 e. The Labute approximate surface area is 168 Å². The van der Waals surface area contributed by atoms with Crippen LogP contribution in [0.2, 0.25) is 0 Å². The Bertz CT molecular complexity index is 1180. The lowest BCUT2D eigenvalue weighted by molar-refractivity contribution is -0.140. The van der Waals surface area contributed by atoms with Crippen LogP contribution < -0.4 is 4.72 Å². The topological polar surface area (TPSA) is 83.5 Å². The third kappa shape index (κ3) is 4.60. The van der Waals surface area contributed by atoms with Crippen molar-refractivity contribution in [3.05, 3.63) is 65.0 Å². The van der Waals surface area contributed by atoms with E-state index in [4.69, 9.17) is 0 Å². The maximum atomic E-state index is 12.5. The van der Waals surface area contributed by atoms with E-state index in [-0.39, 0.29) is 10.1 Å². The van der Waals surface area contributed by atoms with Gasteiger partial charge in [-0.1, -0.05) is 56.0 Å². The molecule has 0 fully saturated rings. The first-order valence-corrected chi connectivity index (χ1v) is 10.9. The van der Waals surface area contributed by atoms with Crippen molar-refractivity contribution in [3.8, 4) is 11.8 Å². The highest BCUT2D eigenvalue weighted by Crippen LogP contribution is 2.22. The van der Waals surface area contributed by atoms with Crippen LogP contribution in [0.4, 0.5) is 0 Å². The van der Waals surface area contributed by atoms with Crippen LogP contribution in [0.1, 0.15) is 24.3 Å². The summed E-state index contributed by atoms with van der Waals surface area (Å²) >= 11 is 1.01. The Kier molecular flexibility index (Phi) is 5.84. The fourth-order valence-electron chi connectivity index (χ4n) is 2.63. The first-order chi connectivity index (χ1) is 13.3. The second kappa shape index (κ2) is 8.15. The fourth-order valence-corrected chi connectivity index (χ4v) is 5.14. The summed E-state index contributed by atoms with van der Waals surface area (Å²) < 4.78 is 27.2. The van der Waals surface area contributed by atoms with Crippen molar-refractivity contribution < 1.29 is 18.3 Å². The van der Waals surface area contributed by atoms with Gasteiger partial charge in [0.2, 0.25) is 0 Å². The summed E-state index contributed by atoms with van der Waals surface area (Å²) in [7, 11) is -3.92. The molecule has 1 atom stereocenters. The molecule has 0 radical (unpaired) electrons. The molecule has 1 heterocycles. The quantitative estimate of drug-likeness (QED) is 0.625. The molecule has 1 unspecified atom stereocenters. The van der Waals surface area contributed by atoms with Gasteiger partial charge >= 0.3 is 5.97 Å². The predicted octanol–water partition coefficient (Wildman–Crippen LogP) is 3.69.